The molecule has 104 valence electrons. The van der Waals surface area contributed by atoms with Gasteiger partial charge in [-0.25, -0.2) is 9.78 Å². The molecule has 2 heterocycles. The lowest BCUT2D eigenvalue weighted by Gasteiger charge is -2.22. The van der Waals surface area contributed by atoms with E-state index in [2.05, 4.69) is 9.97 Å². The van der Waals surface area contributed by atoms with Crippen LogP contribution in [-0.4, -0.2) is 27.6 Å². The van der Waals surface area contributed by atoms with Gasteiger partial charge in [0.2, 0.25) is 0 Å². The molecule has 0 aliphatic rings. The van der Waals surface area contributed by atoms with Crippen molar-refractivity contribution in [3.8, 4) is 0 Å². The van der Waals surface area contributed by atoms with E-state index in [4.69, 9.17) is 16.7 Å². The number of aromatic nitrogens is 2. The number of aromatic carboxylic acids is 1. The Morgan fingerprint density at radius 2 is 2.20 bits per heavy atom. The number of carbonyl (C=O) groups is 1. The molecule has 0 aliphatic carbocycles. The Bertz CT molecular complexity index is 605. The minimum absolute atomic E-state index is 0.0765. The van der Waals surface area contributed by atoms with E-state index in [0.29, 0.717) is 23.9 Å². The molecule has 0 unspecified atom stereocenters. The van der Waals surface area contributed by atoms with Crippen LogP contribution in [0.4, 0.5) is 5.82 Å². The molecule has 20 heavy (non-hydrogen) atoms. The molecular weight excluding hydrogens is 278 g/mol. The van der Waals surface area contributed by atoms with Crippen LogP contribution >= 0.6 is 11.6 Å². The molecule has 0 radical (unpaired) electrons. The van der Waals surface area contributed by atoms with Gasteiger partial charge in [-0.05, 0) is 25.1 Å². The van der Waals surface area contributed by atoms with Crippen LogP contribution in [0.5, 0.6) is 0 Å². The smallest absolute Gasteiger partial charge is 0.337 e. The first-order valence-electron chi connectivity index (χ1n) is 6.15. The average Bonchev–Trinajstić information content (AvgIpc) is 2.46. The van der Waals surface area contributed by atoms with Gasteiger partial charge in [-0.2, -0.15) is 0 Å². The summed E-state index contributed by atoms with van der Waals surface area (Å²) in [5.41, 5.74) is 0.974. The molecule has 5 nitrogen and oxygen atoms in total. The largest absolute Gasteiger partial charge is 0.478 e. The van der Waals surface area contributed by atoms with Crippen molar-refractivity contribution in [2.45, 2.75) is 13.5 Å². The third kappa shape index (κ3) is 3.24. The number of halogens is 1. The molecule has 0 saturated heterocycles. The topological polar surface area (TPSA) is 66.3 Å². The van der Waals surface area contributed by atoms with Gasteiger partial charge >= 0.3 is 5.97 Å². The molecule has 1 N–H and O–H groups in total. The van der Waals surface area contributed by atoms with Gasteiger partial charge in [-0.1, -0.05) is 17.7 Å². The first-order chi connectivity index (χ1) is 9.61. The third-order valence-corrected chi connectivity index (χ3v) is 3.11. The molecular formula is C14H14ClN3O2. The quantitative estimate of drug-likeness (QED) is 0.917. The molecule has 0 bridgehead atoms. The molecule has 0 saturated carbocycles. The van der Waals surface area contributed by atoms with Crippen LogP contribution in [0.2, 0.25) is 5.02 Å². The number of hydrogen-bond acceptors (Lipinski definition) is 4. The third-order valence-electron chi connectivity index (χ3n) is 2.83. The predicted molar refractivity (Wildman–Crippen MR) is 77.2 cm³/mol. The highest BCUT2D eigenvalue weighted by molar-refractivity contribution is 6.33. The Morgan fingerprint density at radius 3 is 2.75 bits per heavy atom. The Labute approximate surface area is 121 Å². The first-order valence-corrected chi connectivity index (χ1v) is 6.53. The van der Waals surface area contributed by atoms with Gasteiger partial charge in [-0.3, -0.25) is 4.98 Å². The summed E-state index contributed by atoms with van der Waals surface area (Å²) >= 11 is 6.13. The van der Waals surface area contributed by atoms with Gasteiger partial charge in [0.25, 0.3) is 0 Å². The monoisotopic (exact) mass is 291 g/mol. The second-order valence-electron chi connectivity index (χ2n) is 4.17. The summed E-state index contributed by atoms with van der Waals surface area (Å²) in [5.74, 6) is -0.483. The lowest BCUT2D eigenvalue weighted by atomic mass is 10.2. The highest BCUT2D eigenvalue weighted by atomic mass is 35.5. The van der Waals surface area contributed by atoms with E-state index in [1.54, 1.807) is 6.20 Å². The number of anilines is 1. The SMILES string of the molecule is CCN(Cc1ccccn1)c1ncc(C(=O)O)cc1Cl. The zero-order valence-corrected chi connectivity index (χ0v) is 11.7. The summed E-state index contributed by atoms with van der Waals surface area (Å²) in [6.07, 6.45) is 3.04. The van der Waals surface area contributed by atoms with Crippen molar-refractivity contribution in [3.05, 3.63) is 52.9 Å². The second kappa shape index (κ2) is 6.34. The van der Waals surface area contributed by atoms with Crippen molar-refractivity contribution >= 4 is 23.4 Å². The van der Waals surface area contributed by atoms with Crippen LogP contribution in [0, 0.1) is 0 Å². The number of rotatable bonds is 5. The van der Waals surface area contributed by atoms with Crippen molar-refractivity contribution in [1.29, 1.82) is 0 Å². The highest BCUT2D eigenvalue weighted by Gasteiger charge is 2.14. The van der Waals surface area contributed by atoms with Gasteiger partial charge in [-0.15, -0.1) is 0 Å². The first kappa shape index (κ1) is 14.3. The molecule has 2 aromatic heterocycles. The fourth-order valence-corrected chi connectivity index (χ4v) is 2.09. The predicted octanol–water partition coefficient (Wildman–Crippen LogP) is 2.85. The summed E-state index contributed by atoms with van der Waals surface area (Å²) in [6, 6.07) is 7.10. The molecule has 0 aromatic carbocycles. The molecule has 2 rings (SSSR count). The van der Waals surface area contributed by atoms with Crippen molar-refractivity contribution in [2.75, 3.05) is 11.4 Å². The maximum atomic E-state index is 10.9. The Morgan fingerprint density at radius 1 is 1.40 bits per heavy atom. The van der Waals surface area contributed by atoms with Gasteiger partial charge in [0.05, 0.1) is 22.8 Å². The van der Waals surface area contributed by atoms with E-state index in [0.717, 1.165) is 5.69 Å². The van der Waals surface area contributed by atoms with Gasteiger partial charge < -0.3 is 10.0 Å². The zero-order chi connectivity index (χ0) is 14.5. The minimum atomic E-state index is -1.04. The van der Waals surface area contributed by atoms with Crippen LogP contribution in [0.1, 0.15) is 23.0 Å². The van der Waals surface area contributed by atoms with Crippen molar-refractivity contribution in [1.82, 2.24) is 9.97 Å². The molecule has 6 heteroatoms. The highest BCUT2D eigenvalue weighted by Crippen LogP contribution is 2.25. The average molecular weight is 292 g/mol. The number of hydrogen-bond donors (Lipinski definition) is 1. The molecule has 0 spiro atoms. The van der Waals surface area contributed by atoms with E-state index < -0.39 is 5.97 Å². The Kier molecular flexibility index (Phi) is 4.53. The van der Waals surface area contributed by atoms with Crippen molar-refractivity contribution in [2.24, 2.45) is 0 Å². The van der Waals surface area contributed by atoms with E-state index in [1.807, 2.05) is 30.0 Å². The summed E-state index contributed by atoms with van der Waals surface area (Å²) < 4.78 is 0. The van der Waals surface area contributed by atoms with Crippen molar-refractivity contribution < 1.29 is 9.90 Å². The van der Waals surface area contributed by atoms with E-state index >= 15 is 0 Å². The fourth-order valence-electron chi connectivity index (χ4n) is 1.80. The summed E-state index contributed by atoms with van der Waals surface area (Å²) in [5, 5.41) is 9.23. The molecule has 2 aromatic rings. The molecule has 0 aliphatic heterocycles. The Hall–Kier alpha value is -2.14. The van der Waals surface area contributed by atoms with Crippen LogP contribution in [-0.2, 0) is 6.54 Å². The molecule has 0 fully saturated rings. The van der Waals surface area contributed by atoms with Crippen LogP contribution in [0.15, 0.2) is 36.7 Å². The number of carboxylic acid groups (broad SMARTS) is 1. The number of carboxylic acids is 1. The number of nitrogens with zero attached hydrogens (tertiary/aromatic N) is 3. The van der Waals surface area contributed by atoms with Crippen LogP contribution in [0.25, 0.3) is 0 Å². The van der Waals surface area contributed by atoms with Gasteiger partial charge in [0.1, 0.15) is 5.82 Å². The standard InChI is InChI=1S/C14H14ClN3O2/c1-2-18(9-11-5-3-4-6-16-11)13-12(15)7-10(8-17-13)14(19)20/h3-8H,2,9H2,1H3,(H,19,20). The zero-order valence-electron chi connectivity index (χ0n) is 11.0. The van der Waals surface area contributed by atoms with E-state index in [-0.39, 0.29) is 5.56 Å². The molecule has 0 amide bonds. The normalized spacial score (nSPS) is 10.3. The van der Waals surface area contributed by atoms with E-state index in [9.17, 15) is 4.79 Å². The minimum Gasteiger partial charge on any atom is -0.478 e. The molecule has 0 atom stereocenters. The fraction of sp³-hybridized carbons (Fsp3) is 0.214. The lowest BCUT2D eigenvalue weighted by Crippen LogP contribution is -2.24. The van der Waals surface area contributed by atoms with Crippen LogP contribution in [0.3, 0.4) is 0 Å². The maximum absolute atomic E-state index is 10.9. The lowest BCUT2D eigenvalue weighted by molar-refractivity contribution is 0.0696. The summed E-state index contributed by atoms with van der Waals surface area (Å²) in [6.45, 7) is 3.23. The van der Waals surface area contributed by atoms with Crippen molar-refractivity contribution in [3.63, 3.8) is 0 Å². The number of pyridine rings is 2. The summed E-state index contributed by atoms with van der Waals surface area (Å²) in [7, 11) is 0. The Balaban J connectivity index is 2.26. The second-order valence-corrected chi connectivity index (χ2v) is 4.58. The maximum Gasteiger partial charge on any atom is 0.337 e. The van der Waals surface area contributed by atoms with Crippen LogP contribution < -0.4 is 4.90 Å². The van der Waals surface area contributed by atoms with Gasteiger partial charge in [0, 0.05) is 18.9 Å². The van der Waals surface area contributed by atoms with E-state index in [1.165, 1.54) is 12.3 Å². The van der Waals surface area contributed by atoms with Gasteiger partial charge in [0.15, 0.2) is 0 Å². The summed E-state index contributed by atoms with van der Waals surface area (Å²) in [4.78, 5) is 21.2.